The van der Waals surface area contributed by atoms with Crippen LogP contribution in [0.3, 0.4) is 0 Å². The fourth-order valence-electron chi connectivity index (χ4n) is 5.31. The van der Waals surface area contributed by atoms with Gasteiger partial charge in [-0.15, -0.1) is 0 Å². The van der Waals surface area contributed by atoms with Crippen molar-refractivity contribution in [1.29, 1.82) is 0 Å². The van der Waals surface area contributed by atoms with Crippen molar-refractivity contribution >= 4 is 33.3 Å². The highest BCUT2D eigenvalue weighted by molar-refractivity contribution is 7.13. The summed E-state index contributed by atoms with van der Waals surface area (Å²) in [6, 6.07) is 15.7. The van der Waals surface area contributed by atoms with E-state index in [0.29, 0.717) is 0 Å². The second-order valence-electron chi connectivity index (χ2n) is 9.75. The molecule has 6 heteroatoms. The predicted molar refractivity (Wildman–Crippen MR) is 133 cm³/mol. The van der Waals surface area contributed by atoms with Crippen LogP contribution >= 0.6 is 11.5 Å². The zero-order chi connectivity index (χ0) is 22.3. The third kappa shape index (κ3) is 4.02. The topological polar surface area (TPSA) is 48.5 Å². The van der Waals surface area contributed by atoms with Crippen molar-refractivity contribution in [2.24, 2.45) is 0 Å². The van der Waals surface area contributed by atoms with Gasteiger partial charge in [-0.1, -0.05) is 44.2 Å². The summed E-state index contributed by atoms with van der Waals surface area (Å²) in [6.07, 6.45) is 1.99. The molecule has 1 aromatic heterocycles. The first kappa shape index (κ1) is 21.4. The normalized spacial score (nSPS) is 20.5. The molecule has 0 spiro atoms. The number of hydrogen-bond acceptors (Lipinski definition) is 5. The highest BCUT2D eigenvalue weighted by Gasteiger charge is 2.39. The van der Waals surface area contributed by atoms with Gasteiger partial charge in [0.15, 0.2) is 0 Å². The number of carbonyl (C=O) groups is 1. The molecule has 0 bridgehead atoms. The Kier molecular flexibility index (Phi) is 5.68. The molecule has 1 N–H and O–H groups in total. The van der Waals surface area contributed by atoms with Crippen LogP contribution < -0.4 is 10.2 Å². The molecule has 1 amide bonds. The fourth-order valence-corrected chi connectivity index (χ4v) is 6.11. The van der Waals surface area contributed by atoms with Crippen LogP contribution in [0.5, 0.6) is 0 Å². The number of benzene rings is 2. The van der Waals surface area contributed by atoms with Crippen LogP contribution in [-0.2, 0) is 23.1 Å². The second-order valence-corrected chi connectivity index (χ2v) is 10.6. The van der Waals surface area contributed by atoms with Crippen LogP contribution in [0.25, 0.3) is 10.1 Å². The summed E-state index contributed by atoms with van der Waals surface area (Å²) in [5.41, 5.74) is 4.15. The molecule has 1 aliphatic heterocycles. The molecule has 0 radical (unpaired) electrons. The molecule has 1 fully saturated rings. The maximum absolute atomic E-state index is 11.6. The molecule has 32 heavy (non-hydrogen) atoms. The van der Waals surface area contributed by atoms with Gasteiger partial charge >= 0.3 is 0 Å². The van der Waals surface area contributed by atoms with Crippen molar-refractivity contribution in [2.75, 3.05) is 37.6 Å². The Morgan fingerprint density at radius 2 is 1.94 bits per heavy atom. The first-order valence-corrected chi connectivity index (χ1v) is 12.4. The summed E-state index contributed by atoms with van der Waals surface area (Å²) in [6.45, 7) is 11.4. The van der Waals surface area contributed by atoms with E-state index in [0.717, 1.165) is 51.4 Å². The maximum atomic E-state index is 11.6. The second kappa shape index (κ2) is 8.49. The number of carbonyl (C=O) groups excluding carboxylic acids is 1. The van der Waals surface area contributed by atoms with Crippen molar-refractivity contribution < 1.29 is 4.79 Å². The van der Waals surface area contributed by atoms with Gasteiger partial charge in [0.1, 0.15) is 5.82 Å². The largest absolute Gasteiger partial charge is 0.353 e. The summed E-state index contributed by atoms with van der Waals surface area (Å²) in [5, 5.41) is 4.43. The molecule has 1 saturated heterocycles. The zero-order valence-electron chi connectivity index (χ0n) is 19.2. The third-order valence-electron chi connectivity index (χ3n) is 7.28. The van der Waals surface area contributed by atoms with E-state index in [1.807, 2.05) is 0 Å². The lowest BCUT2D eigenvalue weighted by atomic mass is 9.82. The van der Waals surface area contributed by atoms with Crippen LogP contribution in [0.15, 0.2) is 42.5 Å². The van der Waals surface area contributed by atoms with Gasteiger partial charge in [0.25, 0.3) is 0 Å². The van der Waals surface area contributed by atoms with E-state index >= 15 is 0 Å². The van der Waals surface area contributed by atoms with Crippen molar-refractivity contribution in [3.05, 3.63) is 59.2 Å². The molecule has 0 saturated carbocycles. The number of piperazine rings is 1. The van der Waals surface area contributed by atoms with Crippen LogP contribution in [0.4, 0.5) is 5.82 Å². The molecular formula is C26H32N4OS. The number of nitrogens with zero attached hydrogens (tertiary/aromatic N) is 3. The minimum atomic E-state index is -0.0181. The van der Waals surface area contributed by atoms with Crippen LogP contribution in [0.2, 0.25) is 0 Å². The number of anilines is 1. The average molecular weight is 449 g/mol. The molecule has 2 aliphatic rings. The Morgan fingerprint density at radius 1 is 1.16 bits per heavy atom. The third-order valence-corrected chi connectivity index (χ3v) is 8.10. The van der Waals surface area contributed by atoms with Gasteiger partial charge in [-0.25, -0.2) is 0 Å². The minimum Gasteiger partial charge on any atom is -0.353 e. The fraction of sp³-hybridized carbons (Fsp3) is 0.462. The quantitative estimate of drug-likeness (QED) is 0.641. The summed E-state index contributed by atoms with van der Waals surface area (Å²) >= 11 is 1.60. The highest BCUT2D eigenvalue weighted by Crippen LogP contribution is 2.39. The van der Waals surface area contributed by atoms with E-state index in [-0.39, 0.29) is 17.4 Å². The van der Waals surface area contributed by atoms with Gasteiger partial charge in [-0.3, -0.25) is 9.69 Å². The molecule has 2 aromatic carbocycles. The van der Waals surface area contributed by atoms with Crippen molar-refractivity contribution in [2.45, 2.75) is 45.1 Å². The summed E-state index contributed by atoms with van der Waals surface area (Å²) < 4.78 is 6.00. The summed E-state index contributed by atoms with van der Waals surface area (Å²) in [5.74, 6) is 1.21. The van der Waals surface area contributed by atoms with Gasteiger partial charge in [0.2, 0.25) is 5.91 Å². The van der Waals surface area contributed by atoms with Gasteiger partial charge in [0, 0.05) is 56.5 Å². The average Bonchev–Trinajstić information content (AvgIpc) is 3.31. The van der Waals surface area contributed by atoms with E-state index in [1.165, 1.54) is 26.8 Å². The zero-order valence-corrected chi connectivity index (χ0v) is 20.0. The van der Waals surface area contributed by atoms with Crippen molar-refractivity contribution in [3.8, 4) is 0 Å². The molecule has 5 nitrogen and oxygen atoms in total. The Labute approximate surface area is 194 Å². The lowest BCUT2D eigenvalue weighted by Crippen LogP contribution is -2.47. The molecule has 5 rings (SSSR count). The van der Waals surface area contributed by atoms with E-state index < -0.39 is 0 Å². The van der Waals surface area contributed by atoms with Crippen LogP contribution in [-0.4, -0.2) is 53.9 Å². The van der Waals surface area contributed by atoms with Crippen molar-refractivity contribution in [3.63, 3.8) is 0 Å². The minimum absolute atomic E-state index is 0.0181. The summed E-state index contributed by atoms with van der Waals surface area (Å²) in [4.78, 5) is 16.6. The highest BCUT2D eigenvalue weighted by atomic mass is 32.1. The Bertz CT molecular complexity index is 1130. The first-order chi connectivity index (χ1) is 15.4. The van der Waals surface area contributed by atoms with Crippen LogP contribution in [0, 0.1) is 0 Å². The predicted octanol–water partition coefficient (Wildman–Crippen LogP) is 4.00. The van der Waals surface area contributed by atoms with Gasteiger partial charge in [-0.05, 0) is 53.2 Å². The standard InChI is InChI=1S/C26H32N4OS/c1-18(31)27-24-17-20-16-19(8-9-22(20)26(24,2)3)10-11-29-12-14-30(15-13-29)25-21-6-4-5-7-23(21)32-28-25/h4-9,16,24H,10-15,17H2,1-3H3,(H,27,31). The van der Waals surface area contributed by atoms with E-state index in [1.54, 1.807) is 18.5 Å². The summed E-state index contributed by atoms with van der Waals surface area (Å²) in [7, 11) is 0. The van der Waals surface area contributed by atoms with Gasteiger partial charge in [0.05, 0.1) is 4.70 Å². The Balaban J connectivity index is 1.18. The lowest BCUT2D eigenvalue weighted by Gasteiger charge is -2.35. The molecule has 1 unspecified atom stereocenters. The van der Waals surface area contributed by atoms with Crippen molar-refractivity contribution in [1.82, 2.24) is 14.6 Å². The molecule has 1 atom stereocenters. The Hall–Kier alpha value is -2.44. The van der Waals surface area contributed by atoms with E-state index in [4.69, 9.17) is 4.37 Å². The van der Waals surface area contributed by atoms with Crippen LogP contribution in [0.1, 0.15) is 37.5 Å². The number of hydrogen-bond donors (Lipinski definition) is 1. The van der Waals surface area contributed by atoms with Gasteiger partial charge < -0.3 is 10.2 Å². The number of nitrogens with one attached hydrogen (secondary N) is 1. The molecule has 3 aromatic rings. The smallest absolute Gasteiger partial charge is 0.217 e. The molecule has 168 valence electrons. The molecular weight excluding hydrogens is 416 g/mol. The number of fused-ring (bicyclic) bond motifs is 2. The number of amides is 1. The van der Waals surface area contributed by atoms with Gasteiger partial charge in [-0.2, -0.15) is 4.37 Å². The molecule has 1 aliphatic carbocycles. The Morgan fingerprint density at radius 3 is 2.72 bits per heavy atom. The number of aromatic nitrogens is 1. The van der Waals surface area contributed by atoms with E-state index in [9.17, 15) is 4.79 Å². The SMILES string of the molecule is CC(=O)NC1Cc2cc(CCN3CCN(c4nsc5ccccc45)CC3)ccc2C1(C)C. The maximum Gasteiger partial charge on any atom is 0.217 e. The molecule has 2 heterocycles. The van der Waals surface area contributed by atoms with E-state index in [2.05, 4.69) is 71.4 Å². The first-order valence-electron chi connectivity index (χ1n) is 11.6. The monoisotopic (exact) mass is 448 g/mol. The number of rotatable bonds is 5. The lowest BCUT2D eigenvalue weighted by molar-refractivity contribution is -0.120.